The van der Waals surface area contributed by atoms with Crippen molar-refractivity contribution in [3.63, 3.8) is 0 Å². The van der Waals surface area contributed by atoms with Crippen LogP contribution in [0.1, 0.15) is 19.8 Å². The van der Waals surface area contributed by atoms with Gasteiger partial charge in [-0.1, -0.05) is 59.8 Å². The SMILES string of the molecule is CC[SiH](C1=CC=CC1)C1=CC=CC1.[LiH]. The van der Waals surface area contributed by atoms with E-state index < -0.39 is 8.80 Å². The molecule has 0 fully saturated rings. The summed E-state index contributed by atoms with van der Waals surface area (Å²) in [5.41, 5.74) is 0. The monoisotopic (exact) mass is 196 g/mol. The summed E-state index contributed by atoms with van der Waals surface area (Å²) in [6.45, 7) is 2.34. The van der Waals surface area contributed by atoms with Crippen molar-refractivity contribution >= 4 is 27.7 Å². The maximum atomic E-state index is 2.35. The van der Waals surface area contributed by atoms with Crippen molar-refractivity contribution in [2.75, 3.05) is 0 Å². The van der Waals surface area contributed by atoms with E-state index in [1.54, 1.807) is 10.4 Å². The minimum absolute atomic E-state index is 0. The Bertz CT molecular complexity index is 280. The van der Waals surface area contributed by atoms with Crippen molar-refractivity contribution in [2.24, 2.45) is 0 Å². The molecular formula is C12H17LiSi. The molecule has 0 spiro atoms. The molecule has 2 rings (SSSR count). The van der Waals surface area contributed by atoms with Gasteiger partial charge in [0.1, 0.15) is 0 Å². The molecule has 70 valence electrons. The molecule has 0 atom stereocenters. The number of hydrogen-bond donors (Lipinski definition) is 0. The Balaban J connectivity index is 0.000000980. The summed E-state index contributed by atoms with van der Waals surface area (Å²) in [5.74, 6) is 0. The Labute approximate surface area is 100 Å². The predicted molar refractivity (Wildman–Crippen MR) is 68.5 cm³/mol. The first-order valence-corrected chi connectivity index (χ1v) is 7.10. The summed E-state index contributed by atoms with van der Waals surface area (Å²) in [6, 6.07) is 1.38. The molecule has 0 saturated heterocycles. The molecule has 0 amide bonds. The second-order valence-electron chi connectivity index (χ2n) is 3.71. The van der Waals surface area contributed by atoms with Gasteiger partial charge in [-0.15, -0.1) is 0 Å². The van der Waals surface area contributed by atoms with Crippen molar-refractivity contribution in [1.29, 1.82) is 0 Å². The van der Waals surface area contributed by atoms with E-state index in [9.17, 15) is 0 Å². The average molecular weight is 196 g/mol. The maximum absolute atomic E-state index is 2.35. The van der Waals surface area contributed by atoms with Gasteiger partial charge in [0.15, 0.2) is 0 Å². The normalized spacial score (nSPS) is 18.4. The van der Waals surface area contributed by atoms with E-state index in [0.717, 1.165) is 0 Å². The first-order valence-electron chi connectivity index (χ1n) is 5.13. The van der Waals surface area contributed by atoms with Crippen molar-refractivity contribution in [3.05, 3.63) is 46.8 Å². The van der Waals surface area contributed by atoms with Gasteiger partial charge in [0.25, 0.3) is 0 Å². The third-order valence-electron chi connectivity index (χ3n) is 2.90. The second kappa shape index (κ2) is 5.61. The van der Waals surface area contributed by atoms with E-state index in [1.807, 2.05) is 0 Å². The average Bonchev–Trinajstić information content (AvgIpc) is 2.76. The van der Waals surface area contributed by atoms with Crippen molar-refractivity contribution in [1.82, 2.24) is 0 Å². The third-order valence-corrected chi connectivity index (χ3v) is 6.37. The molecule has 0 aromatic rings. The first kappa shape index (κ1) is 11.8. The van der Waals surface area contributed by atoms with Crippen LogP contribution in [0.15, 0.2) is 46.8 Å². The van der Waals surface area contributed by atoms with Gasteiger partial charge in [-0.2, -0.15) is 0 Å². The van der Waals surface area contributed by atoms with Crippen LogP contribution in [0.2, 0.25) is 6.04 Å². The molecule has 0 aliphatic heterocycles. The van der Waals surface area contributed by atoms with Gasteiger partial charge in [-0.3, -0.25) is 0 Å². The zero-order valence-electron chi connectivity index (χ0n) is 8.16. The fourth-order valence-electron chi connectivity index (χ4n) is 2.21. The molecule has 0 aromatic heterocycles. The Morgan fingerprint density at radius 3 is 1.86 bits per heavy atom. The van der Waals surface area contributed by atoms with E-state index in [4.69, 9.17) is 0 Å². The van der Waals surface area contributed by atoms with Crippen LogP contribution in [-0.4, -0.2) is 27.7 Å². The van der Waals surface area contributed by atoms with Crippen LogP contribution in [-0.2, 0) is 0 Å². The fourth-order valence-corrected chi connectivity index (χ4v) is 5.26. The summed E-state index contributed by atoms with van der Waals surface area (Å²) in [5, 5.41) is 3.47. The van der Waals surface area contributed by atoms with Gasteiger partial charge >= 0.3 is 18.9 Å². The zero-order chi connectivity index (χ0) is 9.10. The number of allylic oxidation sites excluding steroid dienone is 8. The van der Waals surface area contributed by atoms with Gasteiger partial charge < -0.3 is 0 Å². The van der Waals surface area contributed by atoms with Gasteiger partial charge in [0.2, 0.25) is 0 Å². The van der Waals surface area contributed by atoms with Crippen LogP contribution in [0.4, 0.5) is 0 Å². The van der Waals surface area contributed by atoms with Crippen LogP contribution in [0.5, 0.6) is 0 Å². The Morgan fingerprint density at radius 1 is 1.07 bits per heavy atom. The van der Waals surface area contributed by atoms with Crippen LogP contribution in [0, 0.1) is 0 Å². The molecule has 0 nitrogen and oxygen atoms in total. The fraction of sp³-hybridized carbons (Fsp3) is 0.333. The van der Waals surface area contributed by atoms with Crippen molar-refractivity contribution < 1.29 is 0 Å². The molecule has 2 aliphatic rings. The summed E-state index contributed by atoms with van der Waals surface area (Å²) < 4.78 is 0. The summed E-state index contributed by atoms with van der Waals surface area (Å²) in [6.07, 6.45) is 16.1. The summed E-state index contributed by atoms with van der Waals surface area (Å²) in [4.78, 5) is 0. The third kappa shape index (κ3) is 2.42. The first-order chi connectivity index (χ1) is 6.42. The van der Waals surface area contributed by atoms with E-state index >= 15 is 0 Å². The van der Waals surface area contributed by atoms with Crippen LogP contribution >= 0.6 is 0 Å². The molecule has 0 saturated carbocycles. The number of hydrogen-bond acceptors (Lipinski definition) is 0. The van der Waals surface area contributed by atoms with Crippen LogP contribution in [0.25, 0.3) is 0 Å². The zero-order valence-corrected chi connectivity index (χ0v) is 9.32. The molecule has 0 N–H and O–H groups in total. The minimum atomic E-state index is -0.721. The molecule has 2 aliphatic carbocycles. The van der Waals surface area contributed by atoms with Gasteiger partial charge in [-0.25, -0.2) is 0 Å². The van der Waals surface area contributed by atoms with Crippen molar-refractivity contribution in [3.8, 4) is 0 Å². The van der Waals surface area contributed by atoms with Gasteiger partial charge in [-0.05, 0) is 12.8 Å². The molecule has 0 unspecified atom stereocenters. The molecule has 0 radical (unpaired) electrons. The van der Waals surface area contributed by atoms with E-state index in [-0.39, 0.29) is 18.9 Å². The Morgan fingerprint density at radius 2 is 1.57 bits per heavy atom. The summed E-state index contributed by atoms with van der Waals surface area (Å²) in [7, 11) is -0.721. The van der Waals surface area contributed by atoms with Gasteiger partial charge in [0, 0.05) is 0 Å². The Kier molecular flexibility index (Phi) is 4.74. The van der Waals surface area contributed by atoms with Gasteiger partial charge in [0.05, 0.1) is 8.80 Å². The quantitative estimate of drug-likeness (QED) is 0.608. The molecular weight excluding hydrogens is 179 g/mol. The molecule has 14 heavy (non-hydrogen) atoms. The molecule has 2 heteroatoms. The second-order valence-corrected chi connectivity index (χ2v) is 7.11. The van der Waals surface area contributed by atoms with E-state index in [1.165, 1.54) is 18.9 Å². The molecule has 0 aromatic carbocycles. The standard InChI is InChI=1S/C12H16Si.Li.H/c1-2-13(11-7-3-4-8-11)12-9-5-6-10-12;;/h3-7,9,13H,2,8,10H2,1H3;;. The predicted octanol–water partition coefficient (Wildman–Crippen LogP) is 2.44. The topological polar surface area (TPSA) is 0 Å². The van der Waals surface area contributed by atoms with Crippen molar-refractivity contribution in [2.45, 2.75) is 25.8 Å². The molecule has 0 heterocycles. The Hall–Kier alpha value is -0.226. The number of rotatable bonds is 3. The van der Waals surface area contributed by atoms with Crippen LogP contribution < -0.4 is 0 Å². The van der Waals surface area contributed by atoms with Crippen LogP contribution in [0.3, 0.4) is 0 Å². The summed E-state index contributed by atoms with van der Waals surface area (Å²) >= 11 is 0. The van der Waals surface area contributed by atoms with E-state index in [2.05, 4.69) is 43.4 Å². The van der Waals surface area contributed by atoms with E-state index in [0.29, 0.717) is 0 Å². The molecule has 0 bridgehead atoms.